The van der Waals surface area contributed by atoms with Crippen LogP contribution >= 0.6 is 24.8 Å². The Bertz CT molecular complexity index is 713. The molecule has 3 N–H and O–H groups in total. The standard InChI is InChI=1S/C15H20N6O.2ClH/c1-21(7-12-9-3-2-4-10(9)19-20-12)15(22)14-13-11(5-6-16-14)17-8-18-13;;/h8,14,16H,2-7H2,1H3,(H,17,18)(H,19,20);2*1H. The number of amides is 1. The summed E-state index contributed by atoms with van der Waals surface area (Å²) in [6.45, 7) is 1.33. The molecule has 0 saturated carbocycles. The van der Waals surface area contributed by atoms with E-state index in [-0.39, 0.29) is 36.8 Å². The zero-order chi connectivity index (χ0) is 15.1. The first-order valence-electron chi connectivity index (χ1n) is 7.79. The number of hydrogen-bond donors (Lipinski definition) is 3. The van der Waals surface area contributed by atoms with Gasteiger partial charge in [-0.15, -0.1) is 24.8 Å². The Morgan fingerprint density at radius 2 is 2.12 bits per heavy atom. The maximum atomic E-state index is 12.8. The van der Waals surface area contributed by atoms with Crippen LogP contribution in [0.15, 0.2) is 6.33 Å². The average molecular weight is 373 g/mol. The normalized spacial score (nSPS) is 18.1. The van der Waals surface area contributed by atoms with Gasteiger partial charge in [0.05, 0.1) is 24.3 Å². The quantitative estimate of drug-likeness (QED) is 0.757. The van der Waals surface area contributed by atoms with Crippen molar-refractivity contribution in [3.8, 4) is 0 Å². The van der Waals surface area contributed by atoms with Gasteiger partial charge in [-0.25, -0.2) is 4.98 Å². The molecule has 2 aromatic rings. The maximum Gasteiger partial charge on any atom is 0.246 e. The number of imidazole rings is 1. The molecule has 0 bridgehead atoms. The van der Waals surface area contributed by atoms with E-state index in [1.165, 1.54) is 17.7 Å². The number of nitrogens with one attached hydrogen (secondary N) is 3. The van der Waals surface area contributed by atoms with Crippen molar-refractivity contribution in [1.82, 2.24) is 30.4 Å². The number of aromatic nitrogens is 4. The minimum absolute atomic E-state index is 0. The summed E-state index contributed by atoms with van der Waals surface area (Å²) in [5.41, 5.74) is 5.43. The fraction of sp³-hybridized carbons (Fsp3) is 0.533. The predicted octanol–water partition coefficient (Wildman–Crippen LogP) is 1.31. The van der Waals surface area contributed by atoms with Crippen LogP contribution in [0.1, 0.15) is 40.8 Å². The van der Waals surface area contributed by atoms with Gasteiger partial charge in [0.2, 0.25) is 5.91 Å². The zero-order valence-corrected chi connectivity index (χ0v) is 15.1. The van der Waals surface area contributed by atoms with Gasteiger partial charge in [0.15, 0.2) is 0 Å². The molecule has 1 aliphatic heterocycles. The van der Waals surface area contributed by atoms with Gasteiger partial charge in [0.25, 0.3) is 0 Å². The highest BCUT2D eigenvalue weighted by Crippen LogP contribution is 2.25. The van der Waals surface area contributed by atoms with Gasteiger partial charge in [-0.2, -0.15) is 5.10 Å². The number of carbonyl (C=O) groups excluding carboxylic acids is 1. The Labute approximate surface area is 152 Å². The van der Waals surface area contributed by atoms with E-state index in [2.05, 4.69) is 25.5 Å². The summed E-state index contributed by atoms with van der Waals surface area (Å²) in [5, 5.41) is 10.8. The molecule has 2 aromatic heterocycles. The topological polar surface area (TPSA) is 89.7 Å². The molecule has 9 heteroatoms. The molecule has 24 heavy (non-hydrogen) atoms. The molecule has 4 rings (SSSR count). The lowest BCUT2D eigenvalue weighted by molar-refractivity contribution is -0.133. The first-order valence-corrected chi connectivity index (χ1v) is 7.79. The number of likely N-dealkylation sites (N-methyl/N-ethyl adjacent to an activating group) is 1. The van der Waals surface area contributed by atoms with E-state index in [1.54, 1.807) is 11.2 Å². The fourth-order valence-corrected chi connectivity index (χ4v) is 3.46. The van der Waals surface area contributed by atoms with Gasteiger partial charge in [-0.05, 0) is 24.8 Å². The van der Waals surface area contributed by atoms with Crippen LogP contribution in [0.25, 0.3) is 0 Å². The van der Waals surface area contributed by atoms with Gasteiger partial charge in [-0.3, -0.25) is 9.89 Å². The minimum atomic E-state index is -0.355. The molecule has 0 fully saturated rings. The van der Waals surface area contributed by atoms with E-state index in [1.807, 2.05) is 7.05 Å². The summed E-state index contributed by atoms with van der Waals surface area (Å²) in [6.07, 6.45) is 5.86. The summed E-state index contributed by atoms with van der Waals surface area (Å²) in [6, 6.07) is -0.355. The third-order valence-corrected chi connectivity index (χ3v) is 4.65. The third-order valence-electron chi connectivity index (χ3n) is 4.65. The molecular weight excluding hydrogens is 351 g/mol. The van der Waals surface area contributed by atoms with E-state index in [0.717, 1.165) is 42.9 Å². The van der Waals surface area contributed by atoms with E-state index in [4.69, 9.17) is 0 Å². The summed E-state index contributed by atoms with van der Waals surface area (Å²) < 4.78 is 0. The van der Waals surface area contributed by atoms with E-state index < -0.39 is 0 Å². The van der Waals surface area contributed by atoms with Crippen molar-refractivity contribution in [2.24, 2.45) is 0 Å². The number of rotatable bonds is 3. The second-order valence-corrected chi connectivity index (χ2v) is 6.08. The van der Waals surface area contributed by atoms with Crippen molar-refractivity contribution in [2.75, 3.05) is 13.6 Å². The van der Waals surface area contributed by atoms with E-state index in [9.17, 15) is 4.79 Å². The van der Waals surface area contributed by atoms with Crippen LogP contribution in [-0.2, 0) is 30.6 Å². The molecule has 0 saturated heterocycles. The predicted molar refractivity (Wildman–Crippen MR) is 94.6 cm³/mol. The first kappa shape index (κ1) is 18.8. The summed E-state index contributed by atoms with van der Waals surface area (Å²) in [5.74, 6) is 0.0443. The number of fused-ring (bicyclic) bond motifs is 2. The molecule has 3 heterocycles. The third kappa shape index (κ3) is 3.16. The highest BCUT2D eigenvalue weighted by Gasteiger charge is 2.31. The number of aryl methyl sites for hydroxylation is 1. The number of halogens is 2. The van der Waals surface area contributed by atoms with Crippen molar-refractivity contribution in [2.45, 2.75) is 38.3 Å². The molecule has 1 aliphatic carbocycles. The van der Waals surface area contributed by atoms with Crippen LogP contribution in [0, 0.1) is 0 Å². The number of hydrogen-bond acceptors (Lipinski definition) is 4. The summed E-state index contributed by atoms with van der Waals surface area (Å²) in [7, 11) is 1.83. The number of H-pyrrole nitrogens is 2. The maximum absolute atomic E-state index is 12.8. The number of aromatic amines is 2. The van der Waals surface area contributed by atoms with Gasteiger partial charge in [-0.1, -0.05) is 0 Å². The fourth-order valence-electron chi connectivity index (χ4n) is 3.46. The number of carbonyl (C=O) groups is 1. The molecule has 0 spiro atoms. The van der Waals surface area contributed by atoms with Gasteiger partial charge < -0.3 is 15.2 Å². The molecule has 1 atom stereocenters. The van der Waals surface area contributed by atoms with Gasteiger partial charge >= 0.3 is 0 Å². The molecular formula is C15H22Cl2N6O. The molecule has 0 aromatic carbocycles. The van der Waals surface area contributed by atoms with Crippen LogP contribution in [0.5, 0.6) is 0 Å². The second kappa shape index (κ2) is 7.55. The van der Waals surface area contributed by atoms with Crippen molar-refractivity contribution in [1.29, 1.82) is 0 Å². The van der Waals surface area contributed by atoms with E-state index >= 15 is 0 Å². The van der Waals surface area contributed by atoms with Crippen LogP contribution < -0.4 is 5.32 Å². The average Bonchev–Trinajstić information content (AvgIpc) is 3.23. The molecule has 0 radical (unpaired) electrons. The lowest BCUT2D eigenvalue weighted by Gasteiger charge is -2.26. The van der Waals surface area contributed by atoms with Crippen molar-refractivity contribution in [3.63, 3.8) is 0 Å². The minimum Gasteiger partial charge on any atom is -0.348 e. The monoisotopic (exact) mass is 372 g/mol. The second-order valence-electron chi connectivity index (χ2n) is 6.08. The molecule has 7 nitrogen and oxygen atoms in total. The summed E-state index contributed by atoms with van der Waals surface area (Å²) in [4.78, 5) is 21.9. The summed E-state index contributed by atoms with van der Waals surface area (Å²) >= 11 is 0. The van der Waals surface area contributed by atoms with Crippen LogP contribution in [-0.4, -0.2) is 44.6 Å². The zero-order valence-electron chi connectivity index (χ0n) is 13.5. The Balaban J connectivity index is 0.00000104. The highest BCUT2D eigenvalue weighted by molar-refractivity contribution is 5.85. The smallest absolute Gasteiger partial charge is 0.246 e. The Hall–Kier alpha value is -1.57. The molecule has 2 aliphatic rings. The largest absolute Gasteiger partial charge is 0.348 e. The van der Waals surface area contributed by atoms with E-state index in [0.29, 0.717) is 6.54 Å². The highest BCUT2D eigenvalue weighted by atomic mass is 35.5. The molecule has 1 amide bonds. The van der Waals surface area contributed by atoms with Crippen molar-refractivity contribution < 1.29 is 4.79 Å². The van der Waals surface area contributed by atoms with Crippen LogP contribution in [0.2, 0.25) is 0 Å². The van der Waals surface area contributed by atoms with Crippen molar-refractivity contribution in [3.05, 3.63) is 34.7 Å². The molecule has 1 unspecified atom stereocenters. The van der Waals surface area contributed by atoms with Gasteiger partial charge in [0.1, 0.15) is 6.04 Å². The Kier molecular flexibility index (Phi) is 5.90. The SMILES string of the molecule is CN(Cc1n[nH]c2c1CCC2)C(=O)C1NCCc2[nH]cnc21.Cl.Cl. The van der Waals surface area contributed by atoms with Crippen molar-refractivity contribution >= 4 is 30.7 Å². The van der Waals surface area contributed by atoms with Crippen LogP contribution in [0.3, 0.4) is 0 Å². The number of nitrogens with zero attached hydrogens (tertiary/aromatic N) is 3. The lowest BCUT2D eigenvalue weighted by atomic mass is 10.0. The molecule has 132 valence electrons. The lowest BCUT2D eigenvalue weighted by Crippen LogP contribution is -2.42. The Morgan fingerprint density at radius 3 is 2.96 bits per heavy atom. The van der Waals surface area contributed by atoms with Gasteiger partial charge in [0, 0.05) is 31.4 Å². The first-order chi connectivity index (χ1) is 10.7. The van der Waals surface area contributed by atoms with Crippen LogP contribution in [0.4, 0.5) is 0 Å². The Morgan fingerprint density at radius 1 is 1.29 bits per heavy atom.